The molecule has 0 aromatic carbocycles. The van der Waals surface area contributed by atoms with Gasteiger partial charge in [-0.3, -0.25) is 9.59 Å². The van der Waals surface area contributed by atoms with Crippen LogP contribution in [0.25, 0.3) is 0 Å². The van der Waals surface area contributed by atoms with E-state index in [1.54, 1.807) is 6.92 Å². The monoisotopic (exact) mass is 352 g/mol. The van der Waals surface area contributed by atoms with Crippen LogP contribution >= 0.6 is 0 Å². The van der Waals surface area contributed by atoms with Crippen LogP contribution in [0.2, 0.25) is 0 Å². The molecule has 1 aliphatic rings. The number of aliphatic carboxylic acids is 1. The first-order valence-electron chi connectivity index (χ1n) is 10.6. The third-order valence-corrected chi connectivity index (χ3v) is 6.51. The van der Waals surface area contributed by atoms with Gasteiger partial charge in [-0.05, 0) is 31.1 Å². The van der Waals surface area contributed by atoms with E-state index in [1.165, 1.54) is 51.4 Å². The fraction of sp³-hybridized carbons (Fsp3) is 0.909. The van der Waals surface area contributed by atoms with Crippen LogP contribution in [-0.4, -0.2) is 16.9 Å². The SMILES string of the molecule is CCCCCCCCCCCCC(C(=O)O)C1CC(C(C)=O)C1(C)C. The van der Waals surface area contributed by atoms with Crippen molar-refractivity contribution in [3.8, 4) is 0 Å². The average molecular weight is 353 g/mol. The van der Waals surface area contributed by atoms with Crippen molar-refractivity contribution < 1.29 is 14.7 Å². The van der Waals surface area contributed by atoms with E-state index in [0.717, 1.165) is 25.7 Å². The molecule has 0 bridgehead atoms. The minimum absolute atomic E-state index is 0.0482. The summed E-state index contributed by atoms with van der Waals surface area (Å²) < 4.78 is 0. The molecule has 0 saturated heterocycles. The van der Waals surface area contributed by atoms with E-state index >= 15 is 0 Å². The molecule has 1 saturated carbocycles. The summed E-state index contributed by atoms with van der Waals surface area (Å²) in [4.78, 5) is 23.4. The van der Waals surface area contributed by atoms with Crippen LogP contribution in [0, 0.1) is 23.2 Å². The highest BCUT2D eigenvalue weighted by Crippen LogP contribution is 2.55. The molecule has 25 heavy (non-hydrogen) atoms. The molecule has 0 aliphatic heterocycles. The van der Waals surface area contributed by atoms with Gasteiger partial charge in [0.25, 0.3) is 0 Å². The van der Waals surface area contributed by atoms with Gasteiger partial charge in [0.15, 0.2) is 0 Å². The Bertz CT molecular complexity index is 413. The molecular formula is C22H40O3. The van der Waals surface area contributed by atoms with E-state index in [0.29, 0.717) is 0 Å². The maximum absolute atomic E-state index is 11.7. The number of carbonyl (C=O) groups excluding carboxylic acids is 1. The maximum Gasteiger partial charge on any atom is 0.306 e. The fourth-order valence-corrected chi connectivity index (χ4v) is 4.68. The van der Waals surface area contributed by atoms with Crippen molar-refractivity contribution in [2.24, 2.45) is 23.2 Å². The molecule has 1 N–H and O–H groups in total. The normalized spacial score (nSPS) is 23.0. The predicted molar refractivity (Wildman–Crippen MR) is 104 cm³/mol. The Morgan fingerprint density at radius 2 is 1.44 bits per heavy atom. The van der Waals surface area contributed by atoms with Gasteiger partial charge in [0.2, 0.25) is 0 Å². The van der Waals surface area contributed by atoms with Gasteiger partial charge >= 0.3 is 5.97 Å². The second-order valence-corrected chi connectivity index (χ2v) is 8.74. The number of hydrogen-bond acceptors (Lipinski definition) is 2. The van der Waals surface area contributed by atoms with Crippen molar-refractivity contribution in [3.63, 3.8) is 0 Å². The summed E-state index contributed by atoms with van der Waals surface area (Å²) in [6.45, 7) is 8.03. The number of ketones is 1. The van der Waals surface area contributed by atoms with E-state index in [2.05, 4.69) is 20.8 Å². The van der Waals surface area contributed by atoms with Crippen molar-refractivity contribution in [1.29, 1.82) is 0 Å². The topological polar surface area (TPSA) is 54.4 Å². The van der Waals surface area contributed by atoms with Crippen LogP contribution in [0.4, 0.5) is 0 Å². The lowest BCUT2D eigenvalue weighted by molar-refractivity contribution is -0.159. The van der Waals surface area contributed by atoms with E-state index in [9.17, 15) is 14.7 Å². The highest BCUT2D eigenvalue weighted by Gasteiger charge is 2.54. The lowest BCUT2D eigenvalue weighted by Crippen LogP contribution is -2.52. The lowest BCUT2D eigenvalue weighted by Gasteiger charge is -2.53. The first-order valence-corrected chi connectivity index (χ1v) is 10.6. The summed E-state index contributed by atoms with van der Waals surface area (Å²) in [7, 11) is 0. The van der Waals surface area contributed by atoms with Crippen molar-refractivity contribution in [1.82, 2.24) is 0 Å². The third kappa shape index (κ3) is 6.75. The molecule has 1 aliphatic carbocycles. The molecule has 0 radical (unpaired) electrons. The molecule has 0 spiro atoms. The summed E-state index contributed by atoms with van der Waals surface area (Å²) in [6.07, 6.45) is 14.2. The second-order valence-electron chi connectivity index (χ2n) is 8.74. The Balaban J connectivity index is 2.21. The molecule has 3 unspecified atom stereocenters. The minimum atomic E-state index is -0.670. The van der Waals surface area contributed by atoms with Gasteiger partial charge in [0.05, 0.1) is 5.92 Å². The van der Waals surface area contributed by atoms with Crippen LogP contribution in [0.3, 0.4) is 0 Å². The van der Waals surface area contributed by atoms with Crippen molar-refractivity contribution >= 4 is 11.8 Å². The predicted octanol–water partition coefficient (Wildman–Crippen LogP) is 6.25. The highest BCUT2D eigenvalue weighted by atomic mass is 16.4. The van der Waals surface area contributed by atoms with Crippen LogP contribution < -0.4 is 0 Å². The summed E-state index contributed by atoms with van der Waals surface area (Å²) in [5, 5.41) is 9.62. The van der Waals surface area contributed by atoms with Gasteiger partial charge in [-0.2, -0.15) is 0 Å². The minimum Gasteiger partial charge on any atom is -0.481 e. The Labute approximate surface area is 155 Å². The quantitative estimate of drug-likeness (QED) is 0.376. The lowest BCUT2D eigenvalue weighted by atomic mass is 9.50. The van der Waals surface area contributed by atoms with E-state index < -0.39 is 5.97 Å². The zero-order valence-corrected chi connectivity index (χ0v) is 17.0. The maximum atomic E-state index is 11.7. The molecule has 146 valence electrons. The molecule has 0 aromatic heterocycles. The third-order valence-electron chi connectivity index (χ3n) is 6.51. The van der Waals surface area contributed by atoms with Gasteiger partial charge < -0.3 is 5.11 Å². The summed E-state index contributed by atoms with van der Waals surface area (Å²) in [5.41, 5.74) is -0.159. The van der Waals surface area contributed by atoms with Crippen LogP contribution in [0.5, 0.6) is 0 Å². The zero-order valence-electron chi connectivity index (χ0n) is 17.0. The number of unbranched alkanes of at least 4 members (excludes halogenated alkanes) is 9. The van der Waals surface area contributed by atoms with Gasteiger partial charge in [0.1, 0.15) is 5.78 Å². The van der Waals surface area contributed by atoms with Crippen molar-refractivity contribution in [2.75, 3.05) is 0 Å². The second kappa shape index (κ2) is 11.0. The van der Waals surface area contributed by atoms with Crippen molar-refractivity contribution in [2.45, 2.75) is 105 Å². The largest absolute Gasteiger partial charge is 0.481 e. The molecule has 1 rings (SSSR count). The average Bonchev–Trinajstić information content (AvgIpc) is 2.53. The molecule has 0 aromatic rings. The Morgan fingerprint density at radius 1 is 0.960 bits per heavy atom. The molecule has 3 nitrogen and oxygen atoms in total. The van der Waals surface area contributed by atoms with Gasteiger partial charge in [-0.15, -0.1) is 0 Å². The Hall–Kier alpha value is -0.860. The summed E-state index contributed by atoms with van der Waals surface area (Å²) >= 11 is 0. The van der Waals surface area contributed by atoms with Gasteiger partial charge in [-0.25, -0.2) is 0 Å². The number of carbonyl (C=O) groups is 2. The molecule has 0 heterocycles. The smallest absolute Gasteiger partial charge is 0.306 e. The van der Waals surface area contributed by atoms with Gasteiger partial charge in [0, 0.05) is 5.92 Å². The van der Waals surface area contributed by atoms with E-state index in [-0.39, 0.29) is 29.0 Å². The molecule has 1 fully saturated rings. The Morgan fingerprint density at radius 3 is 1.84 bits per heavy atom. The number of Topliss-reactive ketones (excluding diaryl/α,β-unsaturated/α-hetero) is 1. The highest BCUT2D eigenvalue weighted by molar-refractivity contribution is 5.81. The standard InChI is InChI=1S/C22H40O3/c1-5-6-7-8-9-10-11-12-13-14-15-18(21(24)25)20-16-19(17(2)23)22(20,3)4/h18-20H,5-16H2,1-4H3,(H,24,25). The van der Waals surface area contributed by atoms with E-state index in [1.807, 2.05) is 0 Å². The van der Waals surface area contributed by atoms with Crippen LogP contribution in [0.15, 0.2) is 0 Å². The van der Waals surface area contributed by atoms with E-state index in [4.69, 9.17) is 0 Å². The summed E-state index contributed by atoms with van der Waals surface area (Å²) in [5.74, 6) is -0.538. The first kappa shape index (κ1) is 22.2. The summed E-state index contributed by atoms with van der Waals surface area (Å²) in [6, 6.07) is 0. The van der Waals surface area contributed by atoms with Gasteiger partial charge in [-0.1, -0.05) is 85.0 Å². The molecule has 3 atom stereocenters. The van der Waals surface area contributed by atoms with Crippen LogP contribution in [0.1, 0.15) is 105 Å². The number of carboxylic acids is 1. The Kier molecular flexibility index (Phi) is 9.74. The fourth-order valence-electron chi connectivity index (χ4n) is 4.68. The number of rotatable bonds is 14. The van der Waals surface area contributed by atoms with Crippen molar-refractivity contribution in [3.05, 3.63) is 0 Å². The molecule has 0 amide bonds. The molecule has 3 heteroatoms. The first-order chi connectivity index (χ1) is 11.8. The van der Waals surface area contributed by atoms with Crippen LogP contribution in [-0.2, 0) is 9.59 Å². The number of carboxylic acid groups (broad SMARTS) is 1. The molecular weight excluding hydrogens is 312 g/mol. The number of hydrogen-bond donors (Lipinski definition) is 1. The zero-order chi connectivity index (χ0) is 18.9.